The molecule has 0 atom stereocenters. The van der Waals surface area contributed by atoms with Crippen molar-refractivity contribution in [1.82, 2.24) is 14.5 Å². The molecule has 1 N–H and O–H groups in total. The molecular weight excluding hydrogens is 270 g/mol. The van der Waals surface area contributed by atoms with E-state index < -0.39 is 5.97 Å². The smallest absolute Gasteiger partial charge is 0.303 e. The number of hydrogen-bond acceptors (Lipinski definition) is 3. The van der Waals surface area contributed by atoms with Crippen molar-refractivity contribution in [3.8, 4) is 5.69 Å². The number of carboxylic acid groups (broad SMARTS) is 1. The fourth-order valence-electron chi connectivity index (χ4n) is 2.52. The van der Waals surface area contributed by atoms with Crippen molar-refractivity contribution in [2.45, 2.75) is 6.42 Å². The fraction of sp³-hybridized carbons (Fsp3) is 0.267. The summed E-state index contributed by atoms with van der Waals surface area (Å²) in [6.07, 6.45) is 3.26. The summed E-state index contributed by atoms with van der Waals surface area (Å²) in [5.41, 5.74) is 1.37. The molecule has 2 aromatic rings. The Morgan fingerprint density at radius 1 is 1.24 bits per heavy atom. The summed E-state index contributed by atoms with van der Waals surface area (Å²) in [4.78, 5) is 28.8. The Hall–Kier alpha value is -2.63. The highest BCUT2D eigenvalue weighted by atomic mass is 16.4. The van der Waals surface area contributed by atoms with Crippen molar-refractivity contribution in [3.63, 3.8) is 0 Å². The van der Waals surface area contributed by atoms with Gasteiger partial charge in [-0.05, 0) is 12.1 Å². The van der Waals surface area contributed by atoms with Crippen molar-refractivity contribution in [2.24, 2.45) is 5.92 Å². The number of imidazole rings is 1. The van der Waals surface area contributed by atoms with Crippen LogP contribution in [0.2, 0.25) is 0 Å². The van der Waals surface area contributed by atoms with Crippen molar-refractivity contribution in [1.29, 1.82) is 0 Å². The van der Waals surface area contributed by atoms with Gasteiger partial charge in [-0.1, -0.05) is 18.2 Å². The van der Waals surface area contributed by atoms with Gasteiger partial charge in [0.1, 0.15) is 5.69 Å². The normalized spacial score (nSPS) is 14.8. The summed E-state index contributed by atoms with van der Waals surface area (Å²) in [6.45, 7) is 0.982. The van der Waals surface area contributed by atoms with E-state index in [1.807, 2.05) is 30.3 Å². The molecule has 1 aliphatic heterocycles. The van der Waals surface area contributed by atoms with E-state index in [2.05, 4.69) is 4.98 Å². The second-order valence-corrected chi connectivity index (χ2v) is 5.16. The van der Waals surface area contributed by atoms with Gasteiger partial charge in [0.15, 0.2) is 0 Å². The van der Waals surface area contributed by atoms with Gasteiger partial charge in [-0.15, -0.1) is 0 Å². The van der Waals surface area contributed by atoms with Crippen LogP contribution >= 0.6 is 0 Å². The van der Waals surface area contributed by atoms with Gasteiger partial charge in [0.05, 0.1) is 18.9 Å². The SMILES string of the molecule is O=C(O)CC1CN(C(=O)c2cncn2-c2ccccc2)C1. The molecule has 6 heteroatoms. The average Bonchev–Trinajstić information content (AvgIpc) is 2.92. The van der Waals surface area contributed by atoms with Gasteiger partial charge in [0.2, 0.25) is 0 Å². The van der Waals surface area contributed by atoms with Crippen LogP contribution in [0.4, 0.5) is 0 Å². The molecular formula is C15H15N3O3. The summed E-state index contributed by atoms with van der Waals surface area (Å²) in [5, 5.41) is 8.73. The zero-order valence-electron chi connectivity index (χ0n) is 11.3. The van der Waals surface area contributed by atoms with E-state index in [0.29, 0.717) is 18.8 Å². The molecule has 3 rings (SSSR count). The van der Waals surface area contributed by atoms with E-state index in [4.69, 9.17) is 5.11 Å². The Labute approximate surface area is 121 Å². The van der Waals surface area contributed by atoms with E-state index in [-0.39, 0.29) is 18.2 Å². The van der Waals surface area contributed by atoms with Gasteiger partial charge >= 0.3 is 5.97 Å². The number of aromatic nitrogens is 2. The molecule has 1 aliphatic rings. The molecule has 1 aromatic heterocycles. The van der Waals surface area contributed by atoms with Crippen LogP contribution in [-0.4, -0.2) is 44.5 Å². The Balaban J connectivity index is 1.73. The minimum Gasteiger partial charge on any atom is -0.481 e. The summed E-state index contributed by atoms with van der Waals surface area (Å²) < 4.78 is 1.74. The lowest BCUT2D eigenvalue weighted by molar-refractivity contribution is -0.139. The highest BCUT2D eigenvalue weighted by Gasteiger charge is 2.33. The van der Waals surface area contributed by atoms with Gasteiger partial charge < -0.3 is 10.0 Å². The molecule has 1 amide bonds. The molecule has 0 bridgehead atoms. The van der Waals surface area contributed by atoms with Crippen molar-refractivity contribution < 1.29 is 14.7 Å². The van der Waals surface area contributed by atoms with Gasteiger partial charge in [-0.2, -0.15) is 0 Å². The van der Waals surface area contributed by atoms with Crippen LogP contribution in [0.15, 0.2) is 42.9 Å². The van der Waals surface area contributed by atoms with Crippen LogP contribution in [0.1, 0.15) is 16.9 Å². The highest BCUT2D eigenvalue weighted by Crippen LogP contribution is 2.22. The van der Waals surface area contributed by atoms with Gasteiger partial charge in [0.25, 0.3) is 5.91 Å². The van der Waals surface area contributed by atoms with E-state index >= 15 is 0 Å². The molecule has 2 heterocycles. The maximum Gasteiger partial charge on any atom is 0.303 e. The third-order valence-corrected chi connectivity index (χ3v) is 3.60. The van der Waals surface area contributed by atoms with Gasteiger partial charge in [0, 0.05) is 24.7 Å². The number of carbonyl (C=O) groups excluding carboxylic acids is 1. The van der Waals surface area contributed by atoms with Crippen LogP contribution in [0, 0.1) is 5.92 Å². The lowest BCUT2D eigenvalue weighted by Crippen LogP contribution is -2.50. The number of rotatable bonds is 4. The largest absolute Gasteiger partial charge is 0.481 e. The van der Waals surface area contributed by atoms with Gasteiger partial charge in [-0.25, -0.2) is 4.98 Å². The second-order valence-electron chi connectivity index (χ2n) is 5.16. The van der Waals surface area contributed by atoms with Crippen LogP contribution in [-0.2, 0) is 4.79 Å². The Morgan fingerprint density at radius 3 is 2.62 bits per heavy atom. The maximum absolute atomic E-state index is 12.4. The third-order valence-electron chi connectivity index (χ3n) is 3.60. The van der Waals surface area contributed by atoms with E-state index in [0.717, 1.165) is 5.69 Å². The van der Waals surface area contributed by atoms with Crippen LogP contribution in [0.25, 0.3) is 5.69 Å². The fourth-order valence-corrected chi connectivity index (χ4v) is 2.52. The predicted octanol–water partition coefficient (Wildman–Crippen LogP) is 1.42. The number of hydrogen-bond donors (Lipinski definition) is 1. The van der Waals surface area contributed by atoms with Gasteiger partial charge in [-0.3, -0.25) is 14.2 Å². The Bertz CT molecular complexity index is 660. The number of carbonyl (C=O) groups is 2. The molecule has 0 aliphatic carbocycles. The first-order valence-electron chi connectivity index (χ1n) is 6.74. The summed E-state index contributed by atoms with van der Waals surface area (Å²) >= 11 is 0. The van der Waals surface area contributed by atoms with E-state index in [9.17, 15) is 9.59 Å². The molecule has 1 aromatic carbocycles. The minimum absolute atomic E-state index is 0.0551. The lowest BCUT2D eigenvalue weighted by Gasteiger charge is -2.38. The molecule has 0 unspecified atom stereocenters. The molecule has 0 spiro atoms. The maximum atomic E-state index is 12.4. The monoisotopic (exact) mass is 285 g/mol. The summed E-state index contributed by atoms with van der Waals surface area (Å²) in [6, 6.07) is 9.52. The molecule has 1 fully saturated rings. The first-order valence-corrected chi connectivity index (χ1v) is 6.74. The number of benzene rings is 1. The predicted molar refractivity (Wildman–Crippen MR) is 75.2 cm³/mol. The standard InChI is InChI=1S/C15H15N3O3/c19-14(20)6-11-8-17(9-11)15(21)13-7-16-10-18(13)12-4-2-1-3-5-12/h1-5,7,10-11H,6,8-9H2,(H,19,20). The third kappa shape index (κ3) is 2.65. The quantitative estimate of drug-likeness (QED) is 0.921. The van der Waals surface area contributed by atoms with Crippen molar-refractivity contribution >= 4 is 11.9 Å². The number of para-hydroxylation sites is 1. The Kier molecular flexibility index (Phi) is 3.43. The Morgan fingerprint density at radius 2 is 1.95 bits per heavy atom. The second kappa shape index (κ2) is 5.40. The number of nitrogens with zero attached hydrogens (tertiary/aromatic N) is 3. The number of carboxylic acids is 1. The zero-order valence-corrected chi connectivity index (χ0v) is 11.3. The molecule has 6 nitrogen and oxygen atoms in total. The molecule has 108 valence electrons. The lowest BCUT2D eigenvalue weighted by atomic mass is 9.96. The van der Waals surface area contributed by atoms with E-state index in [1.165, 1.54) is 0 Å². The first-order chi connectivity index (χ1) is 10.1. The van der Waals surface area contributed by atoms with E-state index in [1.54, 1.807) is 22.0 Å². The average molecular weight is 285 g/mol. The topological polar surface area (TPSA) is 75.4 Å². The summed E-state index contributed by atoms with van der Waals surface area (Å²) in [5.74, 6) is -0.876. The van der Waals surface area contributed by atoms with Crippen molar-refractivity contribution in [2.75, 3.05) is 13.1 Å². The van der Waals surface area contributed by atoms with Crippen LogP contribution < -0.4 is 0 Å². The zero-order chi connectivity index (χ0) is 14.8. The number of amides is 1. The number of likely N-dealkylation sites (tertiary alicyclic amines) is 1. The molecule has 21 heavy (non-hydrogen) atoms. The molecule has 1 saturated heterocycles. The first kappa shape index (κ1) is 13.4. The highest BCUT2D eigenvalue weighted by molar-refractivity contribution is 5.93. The summed E-state index contributed by atoms with van der Waals surface area (Å²) in [7, 11) is 0. The molecule has 0 saturated carbocycles. The van der Waals surface area contributed by atoms with Crippen LogP contribution in [0.3, 0.4) is 0 Å². The minimum atomic E-state index is -0.818. The number of aliphatic carboxylic acids is 1. The molecule has 0 radical (unpaired) electrons. The van der Waals surface area contributed by atoms with Crippen LogP contribution in [0.5, 0.6) is 0 Å². The van der Waals surface area contributed by atoms with Crippen molar-refractivity contribution in [3.05, 3.63) is 48.5 Å².